The standard InChI is InChI=1S/C10H10N4O/c15-13-10(6-14-7-11-12-8-14)9-4-2-1-3-5-9/h1-5,7-8,15H,6H2/b13-10-. The predicted molar refractivity (Wildman–Crippen MR) is 54.8 cm³/mol. The molecule has 0 saturated heterocycles. The molecule has 0 aliphatic carbocycles. The van der Waals surface area contributed by atoms with E-state index in [0.717, 1.165) is 5.56 Å². The zero-order chi connectivity index (χ0) is 10.5. The zero-order valence-corrected chi connectivity index (χ0v) is 7.98. The molecule has 0 fully saturated rings. The Balaban J connectivity index is 2.20. The van der Waals surface area contributed by atoms with E-state index in [4.69, 9.17) is 5.21 Å². The third kappa shape index (κ3) is 2.19. The Morgan fingerprint density at radius 3 is 2.47 bits per heavy atom. The topological polar surface area (TPSA) is 63.3 Å². The number of benzene rings is 1. The molecule has 1 aromatic carbocycles. The molecule has 0 aliphatic rings. The van der Waals surface area contributed by atoms with Crippen molar-refractivity contribution in [2.24, 2.45) is 5.16 Å². The van der Waals surface area contributed by atoms with Gasteiger partial charge in [0.15, 0.2) is 0 Å². The van der Waals surface area contributed by atoms with Crippen molar-refractivity contribution in [3.63, 3.8) is 0 Å². The zero-order valence-electron chi connectivity index (χ0n) is 7.98. The highest BCUT2D eigenvalue weighted by atomic mass is 16.4. The second-order valence-corrected chi connectivity index (χ2v) is 3.05. The first-order chi connectivity index (χ1) is 7.40. The summed E-state index contributed by atoms with van der Waals surface area (Å²) in [5, 5.41) is 19.5. The van der Waals surface area contributed by atoms with E-state index in [0.29, 0.717) is 12.3 Å². The van der Waals surface area contributed by atoms with Crippen molar-refractivity contribution in [3.05, 3.63) is 48.5 Å². The Morgan fingerprint density at radius 1 is 1.20 bits per heavy atom. The van der Waals surface area contributed by atoms with E-state index in [9.17, 15) is 0 Å². The lowest BCUT2D eigenvalue weighted by atomic mass is 10.1. The molecule has 1 aromatic heterocycles. The number of oxime groups is 1. The van der Waals surface area contributed by atoms with Gasteiger partial charge >= 0.3 is 0 Å². The van der Waals surface area contributed by atoms with E-state index < -0.39 is 0 Å². The van der Waals surface area contributed by atoms with E-state index in [1.165, 1.54) is 0 Å². The molecular formula is C10H10N4O. The highest BCUT2D eigenvalue weighted by molar-refractivity contribution is 5.99. The molecule has 0 atom stereocenters. The average Bonchev–Trinajstić information content (AvgIpc) is 2.80. The molecular weight excluding hydrogens is 192 g/mol. The van der Waals surface area contributed by atoms with Crippen LogP contribution >= 0.6 is 0 Å². The van der Waals surface area contributed by atoms with Crippen molar-refractivity contribution in [1.29, 1.82) is 0 Å². The maximum absolute atomic E-state index is 8.91. The second-order valence-electron chi connectivity index (χ2n) is 3.05. The summed E-state index contributed by atoms with van der Waals surface area (Å²) in [5.74, 6) is 0. The first-order valence-electron chi connectivity index (χ1n) is 4.49. The van der Waals surface area contributed by atoms with E-state index in [2.05, 4.69) is 15.4 Å². The smallest absolute Gasteiger partial charge is 0.119 e. The van der Waals surface area contributed by atoms with Crippen LogP contribution in [0, 0.1) is 0 Å². The van der Waals surface area contributed by atoms with E-state index in [1.54, 1.807) is 17.2 Å². The minimum absolute atomic E-state index is 0.452. The Kier molecular flexibility index (Phi) is 2.73. The van der Waals surface area contributed by atoms with Crippen LogP contribution in [0.15, 0.2) is 48.1 Å². The fourth-order valence-corrected chi connectivity index (χ4v) is 1.29. The van der Waals surface area contributed by atoms with Crippen LogP contribution in [-0.4, -0.2) is 25.7 Å². The van der Waals surface area contributed by atoms with Crippen LogP contribution < -0.4 is 0 Å². The number of hydrogen-bond acceptors (Lipinski definition) is 4. The van der Waals surface area contributed by atoms with Crippen LogP contribution in [0.2, 0.25) is 0 Å². The molecule has 0 spiro atoms. The summed E-state index contributed by atoms with van der Waals surface area (Å²) >= 11 is 0. The average molecular weight is 202 g/mol. The quantitative estimate of drug-likeness (QED) is 0.461. The Bertz CT molecular complexity index is 436. The summed E-state index contributed by atoms with van der Waals surface area (Å²) < 4.78 is 1.74. The van der Waals surface area contributed by atoms with Crippen molar-refractivity contribution < 1.29 is 5.21 Å². The van der Waals surface area contributed by atoms with Crippen LogP contribution in [0.3, 0.4) is 0 Å². The van der Waals surface area contributed by atoms with Gasteiger partial charge in [-0.25, -0.2) is 0 Å². The summed E-state index contributed by atoms with van der Waals surface area (Å²) in [6.45, 7) is 0.452. The van der Waals surface area contributed by atoms with Crippen molar-refractivity contribution in [2.45, 2.75) is 6.54 Å². The van der Waals surface area contributed by atoms with Crippen molar-refractivity contribution >= 4 is 5.71 Å². The molecule has 1 N–H and O–H groups in total. The molecule has 2 aromatic rings. The molecule has 0 aliphatic heterocycles. The number of nitrogens with zero attached hydrogens (tertiary/aromatic N) is 4. The molecule has 2 rings (SSSR count). The fourth-order valence-electron chi connectivity index (χ4n) is 1.29. The first-order valence-corrected chi connectivity index (χ1v) is 4.49. The second kappa shape index (κ2) is 4.36. The van der Waals surface area contributed by atoms with Gasteiger partial charge in [0.1, 0.15) is 18.4 Å². The van der Waals surface area contributed by atoms with E-state index >= 15 is 0 Å². The maximum atomic E-state index is 8.91. The van der Waals surface area contributed by atoms with Crippen LogP contribution in [0.5, 0.6) is 0 Å². The highest BCUT2D eigenvalue weighted by Gasteiger charge is 2.04. The highest BCUT2D eigenvalue weighted by Crippen LogP contribution is 2.02. The molecule has 5 nitrogen and oxygen atoms in total. The molecule has 0 amide bonds. The van der Waals surface area contributed by atoms with Crippen molar-refractivity contribution in [1.82, 2.24) is 14.8 Å². The van der Waals surface area contributed by atoms with Gasteiger partial charge in [-0.2, -0.15) is 0 Å². The van der Waals surface area contributed by atoms with Crippen molar-refractivity contribution in [3.8, 4) is 0 Å². The first kappa shape index (κ1) is 9.39. The lowest BCUT2D eigenvalue weighted by Gasteiger charge is -2.04. The summed E-state index contributed by atoms with van der Waals surface area (Å²) in [7, 11) is 0. The third-order valence-corrected chi connectivity index (χ3v) is 2.03. The van der Waals surface area contributed by atoms with Gasteiger partial charge in [-0.3, -0.25) is 0 Å². The molecule has 0 radical (unpaired) electrons. The van der Waals surface area contributed by atoms with Gasteiger partial charge in [0, 0.05) is 5.56 Å². The molecule has 76 valence electrons. The molecule has 0 unspecified atom stereocenters. The minimum atomic E-state index is 0.452. The molecule has 0 saturated carbocycles. The van der Waals surface area contributed by atoms with Gasteiger partial charge in [-0.15, -0.1) is 10.2 Å². The van der Waals surface area contributed by atoms with Gasteiger partial charge in [-0.05, 0) is 0 Å². The molecule has 5 heteroatoms. The lowest BCUT2D eigenvalue weighted by Crippen LogP contribution is -2.10. The van der Waals surface area contributed by atoms with Gasteiger partial charge in [0.2, 0.25) is 0 Å². The van der Waals surface area contributed by atoms with Crippen LogP contribution in [0.4, 0.5) is 0 Å². The van der Waals surface area contributed by atoms with Crippen LogP contribution in [-0.2, 0) is 6.54 Å². The Morgan fingerprint density at radius 2 is 1.87 bits per heavy atom. The molecule has 1 heterocycles. The third-order valence-electron chi connectivity index (χ3n) is 2.03. The van der Waals surface area contributed by atoms with E-state index in [-0.39, 0.29) is 0 Å². The van der Waals surface area contributed by atoms with Crippen LogP contribution in [0.25, 0.3) is 0 Å². The maximum Gasteiger partial charge on any atom is 0.119 e. The number of aromatic nitrogens is 3. The van der Waals surface area contributed by atoms with Gasteiger partial charge < -0.3 is 9.77 Å². The Hall–Kier alpha value is -2.17. The van der Waals surface area contributed by atoms with Gasteiger partial charge in [-0.1, -0.05) is 35.5 Å². The lowest BCUT2D eigenvalue weighted by molar-refractivity contribution is 0.317. The fraction of sp³-hybridized carbons (Fsp3) is 0.100. The van der Waals surface area contributed by atoms with Crippen LogP contribution in [0.1, 0.15) is 5.56 Å². The van der Waals surface area contributed by atoms with Gasteiger partial charge in [0.25, 0.3) is 0 Å². The monoisotopic (exact) mass is 202 g/mol. The summed E-state index contributed by atoms with van der Waals surface area (Å²) in [6.07, 6.45) is 3.16. The summed E-state index contributed by atoms with van der Waals surface area (Å²) in [6, 6.07) is 9.48. The Labute approximate surface area is 86.7 Å². The molecule has 0 bridgehead atoms. The van der Waals surface area contributed by atoms with E-state index in [1.807, 2.05) is 30.3 Å². The summed E-state index contributed by atoms with van der Waals surface area (Å²) in [5.41, 5.74) is 1.46. The predicted octanol–water partition coefficient (Wildman–Crippen LogP) is 1.16. The number of rotatable bonds is 3. The largest absolute Gasteiger partial charge is 0.411 e. The minimum Gasteiger partial charge on any atom is -0.411 e. The van der Waals surface area contributed by atoms with Gasteiger partial charge in [0.05, 0.1) is 6.54 Å². The number of hydrogen-bond donors (Lipinski definition) is 1. The molecule has 15 heavy (non-hydrogen) atoms. The SMILES string of the molecule is O/N=C(/Cn1cnnc1)c1ccccc1. The summed E-state index contributed by atoms with van der Waals surface area (Å²) in [4.78, 5) is 0. The van der Waals surface area contributed by atoms with Crippen molar-refractivity contribution in [2.75, 3.05) is 0 Å². The normalized spacial score (nSPS) is 11.6.